The highest BCUT2D eigenvalue weighted by molar-refractivity contribution is 5.99. The molecule has 3 rings (SSSR count). The molecule has 1 aliphatic rings. The van der Waals surface area contributed by atoms with Crippen LogP contribution >= 0.6 is 0 Å². The molecule has 2 aromatic carbocycles. The normalized spacial score (nSPS) is 16.2. The van der Waals surface area contributed by atoms with Crippen LogP contribution in [0.2, 0.25) is 0 Å². The average Bonchev–Trinajstić information content (AvgIpc) is 3.01. The van der Waals surface area contributed by atoms with Crippen molar-refractivity contribution in [3.63, 3.8) is 0 Å². The molecule has 0 saturated heterocycles. The largest absolute Gasteiger partial charge is 0.482 e. The molecular formula is C20H20N2O6. The molecule has 0 aromatic heterocycles. The standard InChI is InChI=1S/C20H20N2O6/c1-13-11-15-5-3-4-6-18(15)21(13)20(24)14(2)28-19(23)12-27-17-9-7-16(8-10-17)22(25)26/h3-10,13-14H,11-12H2,1-2H3/t13-,14-/m0/s1. The highest BCUT2D eigenvalue weighted by Gasteiger charge is 2.34. The smallest absolute Gasteiger partial charge is 0.344 e. The molecule has 0 N–H and O–H groups in total. The number of esters is 1. The van der Waals surface area contributed by atoms with Gasteiger partial charge in [-0.2, -0.15) is 0 Å². The molecule has 2 atom stereocenters. The number of ether oxygens (including phenoxy) is 2. The first-order valence-electron chi connectivity index (χ1n) is 8.84. The topological polar surface area (TPSA) is 99.0 Å². The van der Waals surface area contributed by atoms with Gasteiger partial charge < -0.3 is 14.4 Å². The van der Waals surface area contributed by atoms with Crippen molar-refractivity contribution in [1.82, 2.24) is 0 Å². The van der Waals surface area contributed by atoms with Crippen LogP contribution in [0.3, 0.4) is 0 Å². The Bertz CT molecular complexity index is 896. The van der Waals surface area contributed by atoms with Crippen LogP contribution in [0.5, 0.6) is 5.75 Å². The van der Waals surface area contributed by atoms with Crippen molar-refractivity contribution in [2.75, 3.05) is 11.5 Å². The Morgan fingerprint density at radius 2 is 1.89 bits per heavy atom. The van der Waals surface area contributed by atoms with Crippen LogP contribution in [0.4, 0.5) is 11.4 Å². The minimum atomic E-state index is -0.957. The molecule has 1 heterocycles. The van der Waals surface area contributed by atoms with Crippen LogP contribution in [-0.2, 0) is 20.7 Å². The fourth-order valence-electron chi connectivity index (χ4n) is 3.19. The van der Waals surface area contributed by atoms with Crippen molar-refractivity contribution >= 4 is 23.3 Å². The predicted molar refractivity (Wildman–Crippen MR) is 101 cm³/mol. The lowest BCUT2D eigenvalue weighted by molar-refractivity contribution is -0.384. The van der Waals surface area contributed by atoms with Crippen molar-refractivity contribution < 1.29 is 24.0 Å². The van der Waals surface area contributed by atoms with Crippen molar-refractivity contribution in [2.24, 2.45) is 0 Å². The van der Waals surface area contributed by atoms with E-state index in [9.17, 15) is 19.7 Å². The number of hydrogen-bond donors (Lipinski definition) is 0. The summed E-state index contributed by atoms with van der Waals surface area (Å²) in [7, 11) is 0. The van der Waals surface area contributed by atoms with Gasteiger partial charge >= 0.3 is 5.97 Å². The summed E-state index contributed by atoms with van der Waals surface area (Å²) in [5.74, 6) is -0.691. The summed E-state index contributed by atoms with van der Waals surface area (Å²) in [6.45, 7) is 3.07. The first-order chi connectivity index (χ1) is 13.4. The number of hydrogen-bond acceptors (Lipinski definition) is 6. The molecule has 8 nitrogen and oxygen atoms in total. The third-order valence-corrected chi connectivity index (χ3v) is 4.50. The first-order valence-corrected chi connectivity index (χ1v) is 8.84. The highest BCUT2D eigenvalue weighted by Crippen LogP contribution is 2.32. The van der Waals surface area contributed by atoms with Gasteiger partial charge in [0.25, 0.3) is 11.6 Å². The van der Waals surface area contributed by atoms with Gasteiger partial charge in [0.15, 0.2) is 12.7 Å². The lowest BCUT2D eigenvalue weighted by atomic mass is 10.1. The average molecular weight is 384 g/mol. The van der Waals surface area contributed by atoms with Gasteiger partial charge in [-0.25, -0.2) is 4.79 Å². The molecule has 1 amide bonds. The zero-order chi connectivity index (χ0) is 20.3. The van der Waals surface area contributed by atoms with E-state index in [-0.39, 0.29) is 17.6 Å². The summed E-state index contributed by atoms with van der Waals surface area (Å²) in [6, 6.07) is 13.0. The third kappa shape index (κ3) is 4.11. The predicted octanol–water partition coefficient (Wildman–Crippen LogP) is 2.88. The Kier molecular flexibility index (Phi) is 5.58. The molecule has 146 valence electrons. The Morgan fingerprint density at radius 3 is 2.57 bits per heavy atom. The number of rotatable bonds is 6. The molecule has 0 bridgehead atoms. The second kappa shape index (κ2) is 8.08. The van der Waals surface area contributed by atoms with E-state index in [0.29, 0.717) is 5.75 Å². The van der Waals surface area contributed by atoms with Gasteiger partial charge in [-0.3, -0.25) is 14.9 Å². The molecule has 0 unspecified atom stereocenters. The molecule has 0 aliphatic carbocycles. The number of carbonyl (C=O) groups is 2. The van der Waals surface area contributed by atoms with Gasteiger partial charge in [0, 0.05) is 23.9 Å². The lowest BCUT2D eigenvalue weighted by Crippen LogP contribution is -2.43. The molecule has 0 fully saturated rings. The minimum Gasteiger partial charge on any atom is -0.482 e. The van der Waals surface area contributed by atoms with Crippen LogP contribution in [-0.4, -0.2) is 35.6 Å². The summed E-state index contributed by atoms with van der Waals surface area (Å²) >= 11 is 0. The number of fused-ring (bicyclic) bond motifs is 1. The van der Waals surface area contributed by atoms with Crippen molar-refractivity contribution in [3.05, 3.63) is 64.2 Å². The molecule has 2 aromatic rings. The Balaban J connectivity index is 1.55. The number of nitro benzene ring substituents is 1. The van der Waals surface area contributed by atoms with Gasteiger partial charge in [0.1, 0.15) is 5.75 Å². The maximum atomic E-state index is 12.8. The van der Waals surface area contributed by atoms with E-state index < -0.39 is 23.6 Å². The van der Waals surface area contributed by atoms with E-state index in [1.165, 1.54) is 31.2 Å². The van der Waals surface area contributed by atoms with Crippen molar-refractivity contribution in [1.29, 1.82) is 0 Å². The molecular weight excluding hydrogens is 364 g/mol. The number of amides is 1. The SMILES string of the molecule is C[C@H](OC(=O)COc1ccc([N+](=O)[O-])cc1)C(=O)N1c2ccccc2C[C@@H]1C. The van der Waals surface area contributed by atoms with E-state index in [2.05, 4.69) is 0 Å². The number of carbonyl (C=O) groups excluding carboxylic acids is 2. The number of nitro groups is 1. The zero-order valence-electron chi connectivity index (χ0n) is 15.5. The van der Waals surface area contributed by atoms with Crippen LogP contribution in [0.1, 0.15) is 19.4 Å². The second-order valence-corrected chi connectivity index (χ2v) is 6.56. The number of non-ortho nitro benzene ring substituents is 1. The fourth-order valence-corrected chi connectivity index (χ4v) is 3.19. The molecule has 0 radical (unpaired) electrons. The van der Waals surface area contributed by atoms with Gasteiger partial charge in [-0.1, -0.05) is 18.2 Å². The highest BCUT2D eigenvalue weighted by atomic mass is 16.6. The summed E-state index contributed by atoms with van der Waals surface area (Å²) in [4.78, 5) is 36.6. The van der Waals surface area contributed by atoms with Gasteiger partial charge in [0.2, 0.25) is 0 Å². The number of nitrogens with zero attached hydrogens (tertiary/aromatic N) is 2. The Morgan fingerprint density at radius 1 is 1.21 bits per heavy atom. The summed E-state index contributed by atoms with van der Waals surface area (Å²) < 4.78 is 10.5. The molecule has 28 heavy (non-hydrogen) atoms. The quantitative estimate of drug-likeness (QED) is 0.431. The van der Waals surface area contributed by atoms with E-state index >= 15 is 0 Å². The number of para-hydroxylation sites is 1. The Hall–Kier alpha value is -3.42. The Labute approximate surface area is 161 Å². The van der Waals surface area contributed by atoms with Crippen LogP contribution in [0, 0.1) is 10.1 Å². The summed E-state index contributed by atoms with van der Waals surface area (Å²) in [6.07, 6.45) is -0.201. The molecule has 8 heteroatoms. The van der Waals surface area contributed by atoms with E-state index in [4.69, 9.17) is 9.47 Å². The van der Waals surface area contributed by atoms with Gasteiger partial charge in [0.05, 0.1) is 4.92 Å². The maximum Gasteiger partial charge on any atom is 0.344 e. The molecule has 0 saturated carbocycles. The van der Waals surface area contributed by atoms with E-state index in [1.807, 2.05) is 31.2 Å². The first kappa shape index (κ1) is 19.3. The van der Waals surface area contributed by atoms with Crippen molar-refractivity contribution in [2.45, 2.75) is 32.4 Å². The van der Waals surface area contributed by atoms with Crippen LogP contribution < -0.4 is 9.64 Å². The van der Waals surface area contributed by atoms with Gasteiger partial charge in [-0.05, 0) is 44.0 Å². The third-order valence-electron chi connectivity index (χ3n) is 4.50. The maximum absolute atomic E-state index is 12.8. The lowest BCUT2D eigenvalue weighted by Gasteiger charge is -2.25. The molecule has 0 spiro atoms. The van der Waals surface area contributed by atoms with Crippen molar-refractivity contribution in [3.8, 4) is 5.75 Å². The van der Waals surface area contributed by atoms with Crippen LogP contribution in [0.15, 0.2) is 48.5 Å². The summed E-state index contributed by atoms with van der Waals surface area (Å²) in [5, 5.41) is 10.6. The van der Waals surface area contributed by atoms with Crippen LogP contribution in [0.25, 0.3) is 0 Å². The van der Waals surface area contributed by atoms with E-state index in [0.717, 1.165) is 17.7 Å². The fraction of sp³-hybridized carbons (Fsp3) is 0.300. The minimum absolute atomic E-state index is 0.0117. The van der Waals surface area contributed by atoms with Gasteiger partial charge in [-0.15, -0.1) is 0 Å². The monoisotopic (exact) mass is 384 g/mol. The zero-order valence-corrected chi connectivity index (χ0v) is 15.5. The summed E-state index contributed by atoms with van der Waals surface area (Å²) in [5.41, 5.74) is 1.85. The second-order valence-electron chi connectivity index (χ2n) is 6.56. The number of benzene rings is 2. The molecule has 1 aliphatic heterocycles. The van der Waals surface area contributed by atoms with E-state index in [1.54, 1.807) is 4.90 Å². The number of anilines is 1.